The average Bonchev–Trinajstić information content (AvgIpc) is 3.94. The zero-order valence-electron chi connectivity index (χ0n) is 37.8. The Labute approximate surface area is 401 Å². The molecule has 0 unspecified atom stereocenters. The Morgan fingerprint density at radius 2 is 0.652 bits per heavy atom. The van der Waals surface area contributed by atoms with Gasteiger partial charge in [-0.25, -0.2) is 0 Å². The van der Waals surface area contributed by atoms with E-state index in [4.69, 9.17) is 0 Å². The van der Waals surface area contributed by atoms with Gasteiger partial charge in [-0.2, -0.15) is 0 Å². The van der Waals surface area contributed by atoms with Crippen molar-refractivity contribution < 1.29 is 0 Å². The molecule has 0 radical (unpaired) electrons. The van der Waals surface area contributed by atoms with Gasteiger partial charge in [-0.1, -0.05) is 212 Å². The molecule has 0 aliphatic carbocycles. The van der Waals surface area contributed by atoms with Crippen molar-refractivity contribution in [2.24, 2.45) is 0 Å². The molecule has 0 amide bonds. The Morgan fingerprint density at radius 1 is 0.232 bits per heavy atom. The summed E-state index contributed by atoms with van der Waals surface area (Å²) in [6.45, 7) is 0. The van der Waals surface area contributed by atoms with E-state index < -0.39 is 8.07 Å². The minimum absolute atomic E-state index is 1.17. The molecule has 14 rings (SSSR count). The topological polar surface area (TPSA) is 9.86 Å². The van der Waals surface area contributed by atoms with E-state index >= 15 is 0 Å². The van der Waals surface area contributed by atoms with Crippen LogP contribution in [-0.4, -0.2) is 17.2 Å². The zero-order valence-corrected chi connectivity index (χ0v) is 38.8. The van der Waals surface area contributed by atoms with Crippen LogP contribution in [-0.2, 0) is 0 Å². The fourth-order valence-corrected chi connectivity index (χ4v) is 16.7. The molecule has 69 heavy (non-hydrogen) atoms. The van der Waals surface area contributed by atoms with Crippen LogP contribution in [0.1, 0.15) is 0 Å². The second-order valence-corrected chi connectivity index (χ2v) is 22.2. The molecule has 0 aliphatic heterocycles. The van der Waals surface area contributed by atoms with Crippen LogP contribution in [0, 0.1) is 0 Å². The van der Waals surface area contributed by atoms with Crippen molar-refractivity contribution in [2.45, 2.75) is 0 Å². The largest absolute Gasteiger partial charge is 0.309 e. The maximum absolute atomic E-state index is 2.79. The van der Waals surface area contributed by atoms with Gasteiger partial charge in [-0.3, -0.25) is 0 Å². The van der Waals surface area contributed by atoms with Crippen molar-refractivity contribution in [3.05, 3.63) is 267 Å². The maximum Gasteiger partial charge on any atom is 0.179 e. The lowest BCUT2D eigenvalue weighted by molar-refractivity contribution is 1.18. The molecular weight excluding hydrogens is 849 g/mol. The van der Waals surface area contributed by atoms with Crippen LogP contribution in [0.15, 0.2) is 267 Å². The molecule has 0 bridgehead atoms. The van der Waals surface area contributed by atoms with E-state index in [0.717, 1.165) is 0 Å². The zero-order chi connectivity index (χ0) is 45.5. The van der Waals surface area contributed by atoms with Gasteiger partial charge >= 0.3 is 0 Å². The molecule has 0 aliphatic rings. The highest BCUT2D eigenvalue weighted by molar-refractivity contribution is 7.20. The highest BCUT2D eigenvalue weighted by Crippen LogP contribution is 2.43. The Balaban J connectivity index is 1.01. The second-order valence-electron chi connectivity index (χ2n) is 18.4. The minimum atomic E-state index is -2.79. The molecule has 0 atom stereocenters. The van der Waals surface area contributed by atoms with Crippen LogP contribution < -0.4 is 20.7 Å². The number of rotatable bonds is 7. The van der Waals surface area contributed by atoms with Crippen LogP contribution in [0.3, 0.4) is 0 Å². The van der Waals surface area contributed by atoms with E-state index in [1.165, 1.54) is 119 Å². The number of hydrogen-bond donors (Lipinski definition) is 0. The van der Waals surface area contributed by atoms with Gasteiger partial charge in [-0.15, -0.1) is 0 Å². The van der Waals surface area contributed by atoms with E-state index in [-0.39, 0.29) is 0 Å². The van der Waals surface area contributed by atoms with E-state index in [1.807, 2.05) is 0 Å². The van der Waals surface area contributed by atoms with Gasteiger partial charge in [0.2, 0.25) is 0 Å². The molecule has 12 aromatic carbocycles. The molecule has 2 heterocycles. The molecule has 3 heteroatoms. The normalized spacial score (nSPS) is 12.1. The summed E-state index contributed by atoms with van der Waals surface area (Å²) in [4.78, 5) is 0. The third kappa shape index (κ3) is 5.91. The first-order valence-electron chi connectivity index (χ1n) is 23.9. The third-order valence-electron chi connectivity index (χ3n) is 14.8. The number of benzene rings is 12. The molecule has 0 spiro atoms. The number of fused-ring (bicyclic) bond motifs is 12. The highest BCUT2D eigenvalue weighted by atomic mass is 28.3. The molecular formula is C66H44N2Si. The molecule has 0 N–H and O–H groups in total. The summed E-state index contributed by atoms with van der Waals surface area (Å²) in [6, 6.07) is 99.6. The summed E-state index contributed by atoms with van der Waals surface area (Å²) in [7, 11) is -2.79. The van der Waals surface area contributed by atoms with Gasteiger partial charge in [0.25, 0.3) is 0 Å². The smallest absolute Gasteiger partial charge is 0.179 e. The molecule has 322 valence electrons. The molecule has 2 nitrogen and oxygen atoms in total. The van der Waals surface area contributed by atoms with Crippen LogP contribution in [0.2, 0.25) is 0 Å². The van der Waals surface area contributed by atoms with Gasteiger partial charge in [0.05, 0.1) is 27.8 Å². The van der Waals surface area contributed by atoms with Gasteiger partial charge in [-0.05, 0) is 113 Å². The fourth-order valence-electron chi connectivity index (χ4n) is 11.9. The summed E-state index contributed by atoms with van der Waals surface area (Å²) < 4.78 is 4.91. The summed E-state index contributed by atoms with van der Waals surface area (Å²) in [5, 5.41) is 18.0. The summed E-state index contributed by atoms with van der Waals surface area (Å²) in [5.41, 5.74) is 9.57. The lowest BCUT2D eigenvalue weighted by Crippen LogP contribution is -2.74. The number of para-hydroxylation sites is 3. The second kappa shape index (κ2) is 15.7. The number of nitrogens with zero attached hydrogens (tertiary/aromatic N) is 2. The molecule has 2 aromatic heterocycles. The summed E-state index contributed by atoms with van der Waals surface area (Å²) in [5.74, 6) is 0. The van der Waals surface area contributed by atoms with Crippen LogP contribution in [0.5, 0.6) is 0 Å². The average molecular weight is 893 g/mol. The maximum atomic E-state index is 2.55. The van der Waals surface area contributed by atoms with Crippen molar-refractivity contribution in [1.29, 1.82) is 0 Å². The highest BCUT2D eigenvalue weighted by Gasteiger charge is 2.41. The predicted octanol–water partition coefficient (Wildman–Crippen LogP) is 14.4. The first kappa shape index (κ1) is 39.4. The van der Waals surface area contributed by atoms with Crippen LogP contribution in [0.25, 0.3) is 98.4 Å². The first-order valence-corrected chi connectivity index (χ1v) is 25.9. The summed E-state index contributed by atoms with van der Waals surface area (Å²) >= 11 is 0. The van der Waals surface area contributed by atoms with E-state index in [2.05, 4.69) is 276 Å². The molecule has 0 fully saturated rings. The van der Waals surface area contributed by atoms with Crippen molar-refractivity contribution in [3.63, 3.8) is 0 Å². The lowest BCUT2D eigenvalue weighted by atomic mass is 9.93. The van der Waals surface area contributed by atoms with Crippen LogP contribution >= 0.6 is 0 Å². The third-order valence-corrected chi connectivity index (χ3v) is 19.6. The van der Waals surface area contributed by atoms with Gasteiger partial charge in [0.15, 0.2) is 8.07 Å². The lowest BCUT2D eigenvalue weighted by Gasteiger charge is -2.34. The molecule has 0 saturated heterocycles. The van der Waals surface area contributed by atoms with Crippen molar-refractivity contribution >= 4 is 105 Å². The number of aromatic nitrogens is 2. The Kier molecular flexibility index (Phi) is 8.95. The molecule has 14 aromatic rings. The monoisotopic (exact) mass is 892 g/mol. The Morgan fingerprint density at radius 3 is 1.23 bits per heavy atom. The van der Waals surface area contributed by atoms with Crippen LogP contribution in [0.4, 0.5) is 0 Å². The predicted molar refractivity (Wildman–Crippen MR) is 297 cm³/mol. The standard InChI is InChI=1S/C66H44N2Si/c1-5-20-47(21-6-1)67-61-33-17-15-29-54(61)59-42-45(36-40-63(59)67)46-37-41-64-60(43-46)55-30-16-18-34-62(55)68(64)65-35-19-32-57-58-44-51(38-39-53(58)52-28-13-14-31-56(52)66(57)65)69(48-22-7-2-8-23-48,49-24-9-3-10-25-49)50-26-11-4-12-27-50/h1-44H. The van der Waals surface area contributed by atoms with Crippen molar-refractivity contribution in [3.8, 4) is 22.5 Å². The Hall–Kier alpha value is -8.76. The SMILES string of the molecule is c1ccc(-n2c3ccccc3c3cc(-c4ccc5c(c4)c4ccccc4n5-c4cccc5c6cc([Si](c7ccccc7)(c7ccccc7)c7ccccc7)ccc6c6ccccc6c45)ccc32)cc1. The molecule has 0 saturated carbocycles. The summed E-state index contributed by atoms with van der Waals surface area (Å²) in [6.07, 6.45) is 0. The van der Waals surface area contributed by atoms with E-state index in [1.54, 1.807) is 0 Å². The van der Waals surface area contributed by atoms with E-state index in [0.29, 0.717) is 0 Å². The van der Waals surface area contributed by atoms with Crippen molar-refractivity contribution in [1.82, 2.24) is 9.13 Å². The van der Waals surface area contributed by atoms with Gasteiger partial charge in [0, 0.05) is 32.6 Å². The van der Waals surface area contributed by atoms with Gasteiger partial charge in [0.1, 0.15) is 0 Å². The minimum Gasteiger partial charge on any atom is -0.309 e. The van der Waals surface area contributed by atoms with Gasteiger partial charge < -0.3 is 9.13 Å². The Bertz CT molecular complexity index is 4190. The van der Waals surface area contributed by atoms with E-state index in [9.17, 15) is 0 Å². The number of hydrogen-bond acceptors (Lipinski definition) is 0. The first-order chi connectivity index (χ1) is 34.3. The quantitative estimate of drug-likeness (QED) is 0.0857. The fraction of sp³-hybridized carbons (Fsp3) is 0. The van der Waals surface area contributed by atoms with Crippen molar-refractivity contribution in [2.75, 3.05) is 0 Å².